The van der Waals surface area contributed by atoms with Crippen molar-refractivity contribution in [2.45, 2.75) is 43.2 Å². The van der Waals surface area contributed by atoms with Crippen molar-refractivity contribution in [3.05, 3.63) is 83.0 Å². The summed E-state index contributed by atoms with van der Waals surface area (Å²) in [7, 11) is 0. The van der Waals surface area contributed by atoms with E-state index in [1.807, 2.05) is 35.3 Å². The smallest absolute Gasteiger partial charge is 0.137 e. The van der Waals surface area contributed by atoms with E-state index in [0.717, 1.165) is 32.7 Å². The Morgan fingerprint density at radius 1 is 1.21 bits per heavy atom. The molecule has 0 saturated heterocycles. The zero-order chi connectivity index (χ0) is 19.8. The van der Waals surface area contributed by atoms with Crippen LogP contribution in [0, 0.1) is 0 Å². The van der Waals surface area contributed by atoms with Crippen molar-refractivity contribution in [1.82, 2.24) is 23.9 Å². The molecule has 29 heavy (non-hydrogen) atoms. The summed E-state index contributed by atoms with van der Waals surface area (Å²) in [5, 5.41) is 5.24. The predicted molar refractivity (Wildman–Crippen MR) is 117 cm³/mol. The molecule has 3 aromatic heterocycles. The molecule has 1 aliphatic rings. The van der Waals surface area contributed by atoms with Gasteiger partial charge in [0.2, 0.25) is 0 Å². The number of hydrogen-bond acceptors (Lipinski definition) is 4. The van der Waals surface area contributed by atoms with E-state index in [-0.39, 0.29) is 6.04 Å². The molecule has 1 atom stereocenters. The minimum absolute atomic E-state index is 0.182. The molecule has 1 aromatic carbocycles. The Morgan fingerprint density at radius 3 is 2.93 bits per heavy atom. The van der Waals surface area contributed by atoms with Gasteiger partial charge in [0.1, 0.15) is 5.65 Å². The first kappa shape index (κ1) is 18.7. The summed E-state index contributed by atoms with van der Waals surface area (Å²) in [6.07, 6.45) is 10.9. The van der Waals surface area contributed by atoms with Crippen LogP contribution in [0.1, 0.15) is 48.5 Å². The molecular weight excluding hydrogens is 402 g/mol. The number of hydrogen-bond donors (Lipinski definition) is 1. The maximum atomic E-state index is 6.09. The molecule has 1 unspecified atom stereocenters. The lowest BCUT2D eigenvalue weighted by Gasteiger charge is -2.12. The van der Waals surface area contributed by atoms with Crippen molar-refractivity contribution in [3.8, 4) is 0 Å². The van der Waals surface area contributed by atoms with Crippen molar-refractivity contribution in [2.75, 3.05) is 0 Å². The van der Waals surface area contributed by atoms with E-state index in [9.17, 15) is 0 Å². The number of nitrogens with zero attached hydrogens (tertiary/aromatic N) is 4. The summed E-state index contributed by atoms with van der Waals surface area (Å²) in [5.74, 6) is 0.748. The van der Waals surface area contributed by atoms with Crippen LogP contribution >= 0.6 is 23.5 Å². The molecule has 7 heteroatoms. The van der Waals surface area contributed by atoms with Gasteiger partial charge in [-0.25, -0.2) is 4.98 Å². The Balaban J connectivity index is 1.22. The molecule has 1 N–H and O–H groups in total. The average Bonchev–Trinajstić information content (AvgIpc) is 3.35. The molecule has 0 spiro atoms. The number of benzene rings is 1. The van der Waals surface area contributed by atoms with Crippen LogP contribution in [-0.4, -0.2) is 19.2 Å². The van der Waals surface area contributed by atoms with Crippen LogP contribution in [0.2, 0.25) is 5.02 Å². The van der Waals surface area contributed by atoms with Crippen molar-refractivity contribution < 1.29 is 0 Å². The van der Waals surface area contributed by atoms with Crippen molar-refractivity contribution in [1.29, 1.82) is 0 Å². The normalized spacial score (nSPS) is 15.1. The Bertz CT molecular complexity index is 1150. The van der Waals surface area contributed by atoms with E-state index in [1.165, 1.54) is 18.4 Å². The minimum Gasteiger partial charge on any atom is -0.306 e. The van der Waals surface area contributed by atoms with Gasteiger partial charge in [-0.2, -0.15) is 5.10 Å². The summed E-state index contributed by atoms with van der Waals surface area (Å²) in [6.45, 7) is 2.78. The summed E-state index contributed by atoms with van der Waals surface area (Å²) in [6, 6.07) is 12.4. The van der Waals surface area contributed by atoms with E-state index in [1.54, 1.807) is 11.9 Å². The fourth-order valence-corrected chi connectivity index (χ4v) is 4.37. The van der Waals surface area contributed by atoms with Crippen molar-refractivity contribution >= 4 is 29.2 Å². The predicted octanol–water partition coefficient (Wildman–Crippen LogP) is 5.47. The Kier molecular flexibility index (Phi) is 5.08. The molecule has 0 aliphatic heterocycles. The molecule has 1 aliphatic carbocycles. The fraction of sp³-hybridized carbons (Fsp3) is 0.273. The molecule has 0 bridgehead atoms. The van der Waals surface area contributed by atoms with Gasteiger partial charge in [0.15, 0.2) is 0 Å². The first-order valence-electron chi connectivity index (χ1n) is 9.82. The number of nitrogens with one attached hydrogen (secondary N) is 1. The van der Waals surface area contributed by atoms with E-state index in [4.69, 9.17) is 16.6 Å². The average molecular weight is 424 g/mol. The largest absolute Gasteiger partial charge is 0.306 e. The van der Waals surface area contributed by atoms with Crippen molar-refractivity contribution in [3.63, 3.8) is 0 Å². The van der Waals surface area contributed by atoms with E-state index in [2.05, 4.69) is 51.7 Å². The lowest BCUT2D eigenvalue weighted by molar-refractivity contribution is 0.674. The highest BCUT2D eigenvalue weighted by Crippen LogP contribution is 2.39. The second kappa shape index (κ2) is 7.86. The van der Waals surface area contributed by atoms with E-state index in [0.29, 0.717) is 6.54 Å². The summed E-state index contributed by atoms with van der Waals surface area (Å²) < 4.78 is 7.51. The molecule has 1 fully saturated rings. The molecule has 3 heterocycles. The molecule has 0 radical (unpaired) electrons. The monoisotopic (exact) mass is 423 g/mol. The first-order chi connectivity index (χ1) is 14.1. The highest BCUT2D eigenvalue weighted by atomic mass is 35.5. The van der Waals surface area contributed by atoms with Gasteiger partial charge in [0.05, 0.1) is 23.3 Å². The van der Waals surface area contributed by atoms with Gasteiger partial charge in [0.25, 0.3) is 0 Å². The highest BCUT2D eigenvalue weighted by molar-refractivity contribution is 7.97. The van der Waals surface area contributed by atoms with Gasteiger partial charge in [-0.15, -0.1) is 0 Å². The van der Waals surface area contributed by atoms with Gasteiger partial charge in [-0.1, -0.05) is 29.8 Å². The van der Waals surface area contributed by atoms with Gasteiger partial charge < -0.3 is 4.40 Å². The molecule has 0 amide bonds. The molecule has 148 valence electrons. The quantitative estimate of drug-likeness (QED) is 0.400. The third-order valence-electron chi connectivity index (χ3n) is 5.21. The number of pyridine rings is 1. The van der Waals surface area contributed by atoms with Crippen LogP contribution in [0.15, 0.2) is 66.1 Å². The molecule has 5 nitrogen and oxygen atoms in total. The topological polar surface area (TPSA) is 47.2 Å². The van der Waals surface area contributed by atoms with Crippen LogP contribution < -0.4 is 4.72 Å². The minimum atomic E-state index is 0.182. The third kappa shape index (κ3) is 4.34. The lowest BCUT2D eigenvalue weighted by atomic mass is 10.1. The van der Waals surface area contributed by atoms with Crippen LogP contribution in [-0.2, 0) is 6.54 Å². The van der Waals surface area contributed by atoms with Crippen LogP contribution in [0.3, 0.4) is 0 Å². The van der Waals surface area contributed by atoms with Crippen LogP contribution in [0.25, 0.3) is 5.65 Å². The number of aromatic nitrogens is 4. The van der Waals surface area contributed by atoms with Crippen molar-refractivity contribution in [2.24, 2.45) is 0 Å². The van der Waals surface area contributed by atoms with Gasteiger partial charge in [0, 0.05) is 29.7 Å². The van der Waals surface area contributed by atoms with Gasteiger partial charge in [-0.3, -0.25) is 9.40 Å². The van der Waals surface area contributed by atoms with Crippen LogP contribution in [0.5, 0.6) is 0 Å². The zero-order valence-corrected chi connectivity index (χ0v) is 17.7. The van der Waals surface area contributed by atoms with E-state index >= 15 is 0 Å². The number of fused-ring (bicyclic) bond motifs is 1. The molecular formula is C22H22ClN5S. The standard InChI is InChI=1S/C22H22ClN5S/c1-15(17-3-2-4-19(23)9-17)26-29-21-10-24-28(14-21)13-20-12-27-11-18(16-5-6-16)7-8-22(27)25-20/h2-4,7-12,14-16,26H,5-6,13H2,1H3. The number of rotatable bonds is 7. The fourth-order valence-electron chi connectivity index (χ4n) is 3.45. The summed E-state index contributed by atoms with van der Waals surface area (Å²) in [4.78, 5) is 5.80. The Labute approximate surface area is 179 Å². The maximum absolute atomic E-state index is 6.09. The Morgan fingerprint density at radius 2 is 2.10 bits per heavy atom. The molecule has 5 rings (SSSR count). The molecule has 1 saturated carbocycles. The third-order valence-corrected chi connectivity index (χ3v) is 6.36. The first-order valence-corrected chi connectivity index (χ1v) is 11.0. The number of halogens is 1. The van der Waals surface area contributed by atoms with Crippen LogP contribution in [0.4, 0.5) is 0 Å². The van der Waals surface area contributed by atoms with Gasteiger partial charge >= 0.3 is 0 Å². The maximum Gasteiger partial charge on any atom is 0.137 e. The Hall–Kier alpha value is -2.28. The molecule has 4 aromatic rings. The second-order valence-electron chi connectivity index (χ2n) is 7.60. The van der Waals surface area contributed by atoms with Gasteiger partial charge in [-0.05, 0) is 67.0 Å². The highest BCUT2D eigenvalue weighted by Gasteiger charge is 2.23. The zero-order valence-electron chi connectivity index (χ0n) is 16.1. The lowest BCUT2D eigenvalue weighted by Crippen LogP contribution is -2.09. The SMILES string of the molecule is CC(NSc1cnn(Cc2cn3cc(C4CC4)ccc3n2)c1)c1cccc(Cl)c1. The second-order valence-corrected chi connectivity index (χ2v) is 8.95. The summed E-state index contributed by atoms with van der Waals surface area (Å²) >= 11 is 7.66. The number of imidazole rings is 1. The summed E-state index contributed by atoms with van der Waals surface area (Å²) in [5.41, 5.74) is 4.58. The van der Waals surface area contributed by atoms with E-state index < -0.39 is 0 Å².